The molecule has 2 aromatic heterocycles. The van der Waals surface area contributed by atoms with E-state index in [9.17, 15) is 13.6 Å². The predicted octanol–water partition coefficient (Wildman–Crippen LogP) is 6.68. The molecule has 33 heavy (non-hydrogen) atoms. The number of H-pyrrole nitrogens is 1. The third kappa shape index (κ3) is 3.99. The Balaban J connectivity index is 1.83. The van der Waals surface area contributed by atoms with E-state index in [4.69, 9.17) is 34.8 Å². The Morgan fingerprint density at radius 3 is 2.15 bits per heavy atom. The van der Waals surface area contributed by atoms with Gasteiger partial charge < -0.3 is 4.98 Å². The molecule has 0 radical (unpaired) electrons. The van der Waals surface area contributed by atoms with Crippen LogP contribution in [0.4, 0.5) is 8.78 Å². The number of aromatic nitrogens is 4. The highest BCUT2D eigenvalue weighted by Gasteiger charge is 2.21. The van der Waals surface area contributed by atoms with Gasteiger partial charge in [-0.25, -0.2) is 18.7 Å². The second-order valence-corrected chi connectivity index (χ2v) is 8.40. The SMILES string of the molecule is O=c1[nH]c(-c2ccc(Cl)cc2Cl)nc2nc(-c3ccc(Cl)cc3)n(-c3cc(F)cc(F)c3)c12. The van der Waals surface area contributed by atoms with E-state index in [-0.39, 0.29) is 33.5 Å². The quantitative estimate of drug-likeness (QED) is 0.299. The fraction of sp³-hybridized carbons (Fsp3) is 0. The summed E-state index contributed by atoms with van der Waals surface area (Å²) in [6.45, 7) is 0. The van der Waals surface area contributed by atoms with Crippen LogP contribution >= 0.6 is 34.8 Å². The average Bonchev–Trinajstić information content (AvgIpc) is 3.13. The third-order valence-electron chi connectivity index (χ3n) is 4.92. The van der Waals surface area contributed by atoms with E-state index < -0.39 is 17.2 Å². The summed E-state index contributed by atoms with van der Waals surface area (Å²) in [7, 11) is 0. The Bertz CT molecular complexity index is 1580. The molecular weight excluding hydrogens is 493 g/mol. The number of hydrogen-bond acceptors (Lipinski definition) is 3. The van der Waals surface area contributed by atoms with Crippen molar-refractivity contribution in [1.82, 2.24) is 19.5 Å². The van der Waals surface area contributed by atoms with E-state index in [1.54, 1.807) is 36.4 Å². The maximum Gasteiger partial charge on any atom is 0.277 e. The smallest absolute Gasteiger partial charge is 0.277 e. The maximum atomic E-state index is 14.1. The second-order valence-electron chi connectivity index (χ2n) is 7.12. The van der Waals surface area contributed by atoms with Crippen molar-refractivity contribution in [1.29, 1.82) is 0 Å². The van der Waals surface area contributed by atoms with E-state index >= 15 is 0 Å². The first-order valence-corrected chi connectivity index (χ1v) is 10.6. The topological polar surface area (TPSA) is 63.6 Å². The number of halogens is 5. The molecule has 2 heterocycles. The molecule has 10 heteroatoms. The maximum absolute atomic E-state index is 14.1. The van der Waals surface area contributed by atoms with E-state index in [0.29, 0.717) is 21.2 Å². The lowest BCUT2D eigenvalue weighted by molar-refractivity contribution is 0.582. The number of nitrogens with zero attached hydrogens (tertiary/aromatic N) is 3. The van der Waals surface area contributed by atoms with Gasteiger partial charge >= 0.3 is 0 Å². The first kappa shape index (κ1) is 21.6. The third-order valence-corrected chi connectivity index (χ3v) is 5.72. The Morgan fingerprint density at radius 1 is 0.818 bits per heavy atom. The molecule has 5 rings (SSSR count). The van der Waals surface area contributed by atoms with Crippen LogP contribution in [0.2, 0.25) is 15.1 Å². The summed E-state index contributed by atoms with van der Waals surface area (Å²) in [4.78, 5) is 24.8. The average molecular weight is 504 g/mol. The van der Waals surface area contributed by atoms with Gasteiger partial charge in [-0.05, 0) is 54.6 Å². The summed E-state index contributed by atoms with van der Waals surface area (Å²) in [6, 6.07) is 14.4. The van der Waals surface area contributed by atoms with Crippen molar-refractivity contribution in [2.45, 2.75) is 0 Å². The van der Waals surface area contributed by atoms with Gasteiger partial charge in [-0.3, -0.25) is 9.36 Å². The highest BCUT2D eigenvalue weighted by molar-refractivity contribution is 6.36. The van der Waals surface area contributed by atoms with Crippen LogP contribution < -0.4 is 5.56 Å². The van der Waals surface area contributed by atoms with E-state index in [2.05, 4.69) is 15.0 Å². The summed E-state index contributed by atoms with van der Waals surface area (Å²) < 4.78 is 29.5. The minimum Gasteiger partial charge on any atom is -0.305 e. The van der Waals surface area contributed by atoms with Crippen molar-refractivity contribution >= 4 is 46.0 Å². The number of fused-ring (bicyclic) bond motifs is 1. The normalized spacial score (nSPS) is 11.3. The molecule has 0 spiro atoms. The number of nitrogens with one attached hydrogen (secondary N) is 1. The second kappa shape index (κ2) is 8.26. The highest BCUT2D eigenvalue weighted by atomic mass is 35.5. The van der Waals surface area contributed by atoms with Crippen LogP contribution in [0.3, 0.4) is 0 Å². The summed E-state index contributed by atoms with van der Waals surface area (Å²) in [5.41, 5.74) is 0.586. The first-order chi connectivity index (χ1) is 15.8. The Kier molecular flexibility index (Phi) is 5.40. The molecule has 1 N–H and O–H groups in total. The molecule has 0 saturated heterocycles. The van der Waals surface area contributed by atoms with Gasteiger partial charge in [0.15, 0.2) is 11.2 Å². The van der Waals surface area contributed by atoms with Gasteiger partial charge in [0.2, 0.25) is 0 Å². The van der Waals surface area contributed by atoms with Crippen LogP contribution in [0.15, 0.2) is 65.5 Å². The van der Waals surface area contributed by atoms with Crippen LogP contribution in [0.1, 0.15) is 0 Å². The molecule has 0 amide bonds. The van der Waals surface area contributed by atoms with Crippen molar-refractivity contribution < 1.29 is 8.78 Å². The first-order valence-electron chi connectivity index (χ1n) is 9.51. The molecule has 0 bridgehead atoms. The Labute approximate surface area is 200 Å². The van der Waals surface area contributed by atoms with Crippen LogP contribution in [0.25, 0.3) is 39.6 Å². The lowest BCUT2D eigenvalue weighted by Crippen LogP contribution is -2.13. The number of hydrogen-bond donors (Lipinski definition) is 1. The fourth-order valence-electron chi connectivity index (χ4n) is 3.51. The van der Waals surface area contributed by atoms with Crippen molar-refractivity contribution in [3.8, 4) is 28.5 Å². The van der Waals surface area contributed by atoms with Crippen molar-refractivity contribution in [2.75, 3.05) is 0 Å². The summed E-state index contributed by atoms with van der Waals surface area (Å²) in [6.07, 6.45) is 0. The molecule has 0 aliphatic carbocycles. The lowest BCUT2D eigenvalue weighted by atomic mass is 10.2. The standard InChI is InChI=1S/C23H11Cl3F2N4O/c24-12-3-1-11(2-4-12)22-30-21-19(32(22)16-9-14(27)8-15(28)10-16)23(33)31-20(29-21)17-6-5-13(25)7-18(17)26/h1-10H,(H,29,31,33). The number of imidazole rings is 1. The molecule has 3 aromatic carbocycles. The minimum atomic E-state index is -0.803. The van der Waals surface area contributed by atoms with Crippen LogP contribution in [-0.4, -0.2) is 19.5 Å². The zero-order valence-corrected chi connectivity index (χ0v) is 18.7. The molecule has 0 aliphatic rings. The van der Waals surface area contributed by atoms with Gasteiger partial charge in [-0.15, -0.1) is 0 Å². The van der Waals surface area contributed by atoms with Gasteiger partial charge in [0.25, 0.3) is 5.56 Å². The molecule has 0 fully saturated rings. The molecular formula is C23H11Cl3F2N4O. The van der Waals surface area contributed by atoms with Gasteiger partial charge in [-0.2, -0.15) is 0 Å². The van der Waals surface area contributed by atoms with Crippen molar-refractivity contribution in [2.24, 2.45) is 0 Å². The van der Waals surface area contributed by atoms with Gasteiger partial charge in [0.1, 0.15) is 23.3 Å². The van der Waals surface area contributed by atoms with Gasteiger partial charge in [0, 0.05) is 27.2 Å². The molecule has 5 aromatic rings. The van der Waals surface area contributed by atoms with Crippen molar-refractivity contribution in [3.05, 3.63) is 97.7 Å². The Morgan fingerprint density at radius 2 is 1.48 bits per heavy atom. The predicted molar refractivity (Wildman–Crippen MR) is 125 cm³/mol. The zero-order chi connectivity index (χ0) is 23.3. The molecule has 5 nitrogen and oxygen atoms in total. The van der Waals surface area contributed by atoms with E-state index in [0.717, 1.165) is 18.2 Å². The highest BCUT2D eigenvalue weighted by Crippen LogP contribution is 2.31. The van der Waals surface area contributed by atoms with E-state index in [1.165, 1.54) is 10.6 Å². The summed E-state index contributed by atoms with van der Waals surface area (Å²) in [5, 5.41) is 1.21. The van der Waals surface area contributed by atoms with Crippen LogP contribution in [0.5, 0.6) is 0 Å². The van der Waals surface area contributed by atoms with Crippen molar-refractivity contribution in [3.63, 3.8) is 0 Å². The molecule has 0 saturated carbocycles. The number of rotatable bonds is 3. The zero-order valence-electron chi connectivity index (χ0n) is 16.4. The van der Waals surface area contributed by atoms with E-state index in [1.807, 2.05) is 0 Å². The number of aromatic amines is 1. The Hall–Kier alpha value is -3.26. The summed E-state index contributed by atoms with van der Waals surface area (Å²) in [5.74, 6) is -1.18. The lowest BCUT2D eigenvalue weighted by Gasteiger charge is -2.10. The summed E-state index contributed by atoms with van der Waals surface area (Å²) >= 11 is 18.2. The minimum absolute atomic E-state index is 0.0128. The molecule has 0 atom stereocenters. The largest absolute Gasteiger partial charge is 0.305 e. The number of benzene rings is 3. The molecule has 0 aliphatic heterocycles. The fourth-order valence-corrected chi connectivity index (χ4v) is 4.14. The van der Waals surface area contributed by atoms with Crippen LogP contribution in [-0.2, 0) is 0 Å². The molecule has 164 valence electrons. The van der Waals surface area contributed by atoms with Crippen LogP contribution in [0, 0.1) is 11.6 Å². The monoisotopic (exact) mass is 502 g/mol. The molecule has 0 unspecified atom stereocenters. The van der Waals surface area contributed by atoms with Gasteiger partial charge in [0.05, 0.1) is 10.7 Å². The van der Waals surface area contributed by atoms with Gasteiger partial charge in [-0.1, -0.05) is 34.8 Å².